The first-order valence-electron chi connectivity index (χ1n) is 6.07. The van der Waals surface area contributed by atoms with Crippen molar-refractivity contribution in [1.82, 2.24) is 19.5 Å². The first-order valence-corrected chi connectivity index (χ1v) is 6.07. The van der Waals surface area contributed by atoms with E-state index in [9.17, 15) is 0 Å². The highest BCUT2D eigenvalue weighted by Gasteiger charge is 2.18. The summed E-state index contributed by atoms with van der Waals surface area (Å²) < 4.78 is 2.10. The van der Waals surface area contributed by atoms with Gasteiger partial charge in [-0.25, -0.2) is 15.0 Å². The van der Waals surface area contributed by atoms with Crippen LogP contribution in [-0.2, 0) is 12.0 Å². The van der Waals surface area contributed by atoms with Gasteiger partial charge >= 0.3 is 0 Å². The monoisotopic (exact) mass is 232 g/mol. The van der Waals surface area contributed by atoms with E-state index in [1.54, 1.807) is 6.33 Å². The molecule has 0 atom stereocenters. The zero-order chi connectivity index (χ0) is 12.6. The van der Waals surface area contributed by atoms with Gasteiger partial charge in [-0.3, -0.25) is 0 Å². The van der Waals surface area contributed by atoms with Gasteiger partial charge < -0.3 is 4.57 Å². The van der Waals surface area contributed by atoms with Gasteiger partial charge in [0.1, 0.15) is 11.8 Å². The number of imidazole rings is 1. The van der Waals surface area contributed by atoms with Crippen LogP contribution in [0.2, 0.25) is 0 Å². The summed E-state index contributed by atoms with van der Waals surface area (Å²) in [6.45, 7) is 10.8. The summed E-state index contributed by atoms with van der Waals surface area (Å²) in [4.78, 5) is 13.2. The summed E-state index contributed by atoms with van der Waals surface area (Å²) >= 11 is 0. The molecule has 0 spiro atoms. The van der Waals surface area contributed by atoms with E-state index in [2.05, 4.69) is 54.1 Å². The third-order valence-corrected chi connectivity index (χ3v) is 2.73. The van der Waals surface area contributed by atoms with Crippen molar-refractivity contribution in [3.8, 4) is 0 Å². The van der Waals surface area contributed by atoms with Crippen molar-refractivity contribution in [1.29, 1.82) is 0 Å². The maximum atomic E-state index is 4.48. The highest BCUT2D eigenvalue weighted by molar-refractivity contribution is 5.73. The van der Waals surface area contributed by atoms with Gasteiger partial charge in [0.2, 0.25) is 0 Å². The third-order valence-electron chi connectivity index (χ3n) is 2.73. The second-order valence-corrected chi connectivity index (χ2v) is 5.88. The molecule has 4 nitrogen and oxygen atoms in total. The van der Waals surface area contributed by atoms with Crippen molar-refractivity contribution in [2.75, 3.05) is 0 Å². The molecule has 0 bridgehead atoms. The molecule has 0 saturated heterocycles. The Bertz CT molecular complexity index is 520. The summed E-state index contributed by atoms with van der Waals surface area (Å²) in [6, 6.07) is 0. The number of hydrogen-bond acceptors (Lipinski definition) is 3. The van der Waals surface area contributed by atoms with E-state index >= 15 is 0 Å². The highest BCUT2D eigenvalue weighted by Crippen LogP contribution is 2.22. The Morgan fingerprint density at radius 1 is 1.18 bits per heavy atom. The van der Waals surface area contributed by atoms with Crippen molar-refractivity contribution < 1.29 is 0 Å². The van der Waals surface area contributed by atoms with Crippen LogP contribution in [0.25, 0.3) is 11.2 Å². The van der Waals surface area contributed by atoms with Gasteiger partial charge in [-0.05, 0) is 33.1 Å². The lowest BCUT2D eigenvalue weighted by atomic mass is 10.1. The number of hydrogen-bond donors (Lipinski definition) is 0. The van der Waals surface area contributed by atoms with E-state index in [4.69, 9.17) is 0 Å². The molecule has 0 amide bonds. The first kappa shape index (κ1) is 12.0. The lowest BCUT2D eigenvalue weighted by Gasteiger charge is -2.20. The zero-order valence-electron chi connectivity index (χ0n) is 11.2. The van der Waals surface area contributed by atoms with Crippen molar-refractivity contribution in [3.05, 3.63) is 18.3 Å². The van der Waals surface area contributed by atoms with Crippen LogP contribution >= 0.6 is 0 Å². The Hall–Kier alpha value is -1.45. The maximum Gasteiger partial charge on any atom is 0.163 e. The lowest BCUT2D eigenvalue weighted by Crippen LogP contribution is -2.21. The Morgan fingerprint density at radius 2 is 1.88 bits per heavy atom. The number of nitrogens with zero attached hydrogens (tertiary/aromatic N) is 4. The minimum Gasteiger partial charge on any atom is -0.310 e. The third kappa shape index (κ3) is 2.30. The van der Waals surface area contributed by atoms with E-state index in [0.29, 0.717) is 5.92 Å². The van der Waals surface area contributed by atoms with Gasteiger partial charge in [-0.15, -0.1) is 0 Å². The smallest absolute Gasteiger partial charge is 0.163 e. The maximum absolute atomic E-state index is 4.48. The molecule has 0 N–H and O–H groups in total. The first-order chi connectivity index (χ1) is 7.89. The van der Waals surface area contributed by atoms with Crippen LogP contribution < -0.4 is 0 Å². The molecular weight excluding hydrogens is 212 g/mol. The fourth-order valence-electron chi connectivity index (χ4n) is 1.91. The van der Waals surface area contributed by atoms with E-state index in [1.165, 1.54) is 0 Å². The molecule has 0 aliphatic rings. The van der Waals surface area contributed by atoms with Crippen LogP contribution in [-0.4, -0.2) is 19.5 Å². The van der Waals surface area contributed by atoms with Crippen LogP contribution in [0.3, 0.4) is 0 Å². The van der Waals surface area contributed by atoms with E-state index < -0.39 is 0 Å². The fourth-order valence-corrected chi connectivity index (χ4v) is 1.91. The minimum atomic E-state index is -0.00178. The molecule has 0 unspecified atom stereocenters. The minimum absolute atomic E-state index is 0.00178. The van der Waals surface area contributed by atoms with Crippen molar-refractivity contribution in [3.63, 3.8) is 0 Å². The average molecular weight is 232 g/mol. The topological polar surface area (TPSA) is 43.6 Å². The van der Waals surface area contributed by atoms with Crippen molar-refractivity contribution >= 4 is 11.2 Å². The molecule has 0 aliphatic carbocycles. The lowest BCUT2D eigenvalue weighted by molar-refractivity contribution is 0.406. The molecule has 0 aromatic carbocycles. The Balaban J connectivity index is 2.57. The molecule has 92 valence electrons. The van der Waals surface area contributed by atoms with Gasteiger partial charge in [-0.1, -0.05) is 13.8 Å². The molecule has 4 heteroatoms. The van der Waals surface area contributed by atoms with Crippen LogP contribution in [0.1, 0.15) is 40.3 Å². The average Bonchev–Trinajstić information content (AvgIpc) is 2.60. The van der Waals surface area contributed by atoms with Gasteiger partial charge in [0.25, 0.3) is 0 Å². The van der Waals surface area contributed by atoms with Gasteiger partial charge in [0, 0.05) is 5.54 Å². The fraction of sp³-hybridized carbons (Fsp3) is 0.615. The van der Waals surface area contributed by atoms with Gasteiger partial charge in [0.05, 0.1) is 12.0 Å². The number of fused-ring (bicyclic) bond motifs is 1. The molecule has 0 fully saturated rings. The standard InChI is InChI=1S/C13H20N4/c1-9(2)6-10-11-12(15-7-14-10)17(8-16-11)13(3,4)5/h7-9H,6H2,1-5H3. The van der Waals surface area contributed by atoms with Crippen molar-refractivity contribution in [2.24, 2.45) is 5.92 Å². The number of aromatic nitrogens is 4. The van der Waals surface area contributed by atoms with Gasteiger partial charge in [-0.2, -0.15) is 0 Å². The molecule has 0 radical (unpaired) electrons. The summed E-state index contributed by atoms with van der Waals surface area (Å²) in [5.74, 6) is 0.577. The summed E-state index contributed by atoms with van der Waals surface area (Å²) in [7, 11) is 0. The molecule has 2 aromatic rings. The molecule has 2 aromatic heterocycles. The Labute approximate surface area is 102 Å². The second kappa shape index (κ2) is 4.09. The van der Waals surface area contributed by atoms with Crippen LogP contribution in [0.4, 0.5) is 0 Å². The normalized spacial score (nSPS) is 12.6. The summed E-state index contributed by atoms with van der Waals surface area (Å²) in [5, 5.41) is 0. The predicted octanol–water partition coefficient (Wildman–Crippen LogP) is 2.78. The van der Waals surface area contributed by atoms with Crippen molar-refractivity contribution in [2.45, 2.75) is 46.6 Å². The highest BCUT2D eigenvalue weighted by atomic mass is 15.2. The van der Waals surface area contributed by atoms with E-state index in [-0.39, 0.29) is 5.54 Å². The number of rotatable bonds is 2. The molecule has 0 saturated carbocycles. The Kier molecular flexibility index (Phi) is 2.89. The predicted molar refractivity (Wildman–Crippen MR) is 68.9 cm³/mol. The zero-order valence-corrected chi connectivity index (χ0v) is 11.2. The van der Waals surface area contributed by atoms with E-state index in [1.807, 2.05) is 6.33 Å². The molecule has 2 rings (SSSR count). The van der Waals surface area contributed by atoms with E-state index in [0.717, 1.165) is 23.3 Å². The summed E-state index contributed by atoms with van der Waals surface area (Å²) in [5.41, 5.74) is 2.92. The molecule has 17 heavy (non-hydrogen) atoms. The largest absolute Gasteiger partial charge is 0.310 e. The second-order valence-electron chi connectivity index (χ2n) is 5.88. The Morgan fingerprint density at radius 3 is 2.47 bits per heavy atom. The van der Waals surface area contributed by atoms with Crippen LogP contribution in [0.5, 0.6) is 0 Å². The van der Waals surface area contributed by atoms with Crippen LogP contribution in [0, 0.1) is 5.92 Å². The molecule has 0 aliphatic heterocycles. The van der Waals surface area contributed by atoms with Crippen LogP contribution in [0.15, 0.2) is 12.7 Å². The SMILES string of the molecule is CC(C)Cc1ncnc2c1ncn2C(C)(C)C. The van der Waals surface area contributed by atoms with Gasteiger partial charge in [0.15, 0.2) is 5.65 Å². The molecular formula is C13H20N4. The molecule has 2 heterocycles. The summed E-state index contributed by atoms with van der Waals surface area (Å²) in [6.07, 6.45) is 4.45. The quantitative estimate of drug-likeness (QED) is 0.799.